The van der Waals surface area contributed by atoms with E-state index in [1.54, 1.807) is 12.1 Å². The van der Waals surface area contributed by atoms with Gasteiger partial charge in [-0.2, -0.15) is 10.2 Å². The van der Waals surface area contributed by atoms with Gasteiger partial charge in [0.15, 0.2) is 7.51 Å². The molecule has 2 aromatic carbocycles. The number of benzene rings is 2. The third-order valence-corrected chi connectivity index (χ3v) is 11.6. The van der Waals surface area contributed by atoms with Gasteiger partial charge in [0, 0.05) is 51.4 Å². The van der Waals surface area contributed by atoms with E-state index in [9.17, 15) is 10.1 Å². The fourth-order valence-electron chi connectivity index (χ4n) is 5.66. The lowest BCUT2D eigenvalue weighted by Gasteiger charge is -2.52. The summed E-state index contributed by atoms with van der Waals surface area (Å²) in [7, 11) is -2.02. The van der Waals surface area contributed by atoms with E-state index in [1.165, 1.54) is 69.9 Å². The molecule has 0 saturated carbocycles. The number of hydrogen-bond acceptors (Lipinski definition) is 5. The highest BCUT2D eigenvalue weighted by molar-refractivity contribution is 7.59. The van der Waals surface area contributed by atoms with Crippen LogP contribution >= 0.6 is 7.51 Å². The Morgan fingerprint density at radius 3 is 1.30 bits per heavy atom. The van der Waals surface area contributed by atoms with Gasteiger partial charge in [-0.1, -0.05) is 19.3 Å². The minimum Gasteiger partial charge on any atom is -0.258 e. The molecule has 3 heterocycles. The van der Waals surface area contributed by atoms with E-state index in [4.69, 9.17) is 4.74 Å². The number of nitrogens with zero attached hydrogens (tertiary/aromatic N) is 7. The van der Waals surface area contributed by atoms with Gasteiger partial charge in [-0.25, -0.2) is 18.8 Å². The summed E-state index contributed by atoms with van der Waals surface area (Å²) >= 11 is 0. The third-order valence-electron chi connectivity index (χ3n) is 7.58. The normalized spacial score (nSPS) is 20.8. The average molecular weight is 524 g/mol. The fraction of sp³-hybridized carbons (Fsp3) is 0.556. The molecule has 0 atom stereocenters. The van der Waals surface area contributed by atoms with Crippen molar-refractivity contribution in [2.45, 2.75) is 57.8 Å². The predicted octanol–water partition coefficient (Wildman–Crippen LogP) is 8.05. The molecular weight excluding hydrogens is 485 g/mol. The molecule has 0 amide bonds. The van der Waals surface area contributed by atoms with Crippen LogP contribution in [0.4, 0.5) is 22.7 Å². The van der Waals surface area contributed by atoms with Crippen LogP contribution in [0.1, 0.15) is 57.8 Å². The highest BCUT2D eigenvalue weighted by Gasteiger charge is 2.41. The van der Waals surface area contributed by atoms with Crippen molar-refractivity contribution in [1.29, 1.82) is 0 Å². The van der Waals surface area contributed by atoms with Crippen LogP contribution in [-0.2, 0) is 0 Å². The molecule has 198 valence electrons. The molecule has 0 aliphatic carbocycles. The van der Waals surface area contributed by atoms with E-state index in [0.717, 1.165) is 50.6 Å². The van der Waals surface area contributed by atoms with E-state index in [1.807, 2.05) is 12.1 Å². The molecule has 0 radical (unpaired) electrons. The van der Waals surface area contributed by atoms with E-state index in [-0.39, 0.29) is 5.69 Å². The Morgan fingerprint density at radius 1 is 0.568 bits per heavy atom. The van der Waals surface area contributed by atoms with Gasteiger partial charge in [-0.15, -0.1) is 0 Å². The summed E-state index contributed by atoms with van der Waals surface area (Å²) in [5.74, 6) is 0. The first-order chi connectivity index (χ1) is 18.1. The van der Waals surface area contributed by atoms with Crippen molar-refractivity contribution in [3.05, 3.63) is 58.6 Å². The number of piperidine rings is 3. The van der Waals surface area contributed by atoms with Crippen LogP contribution in [0.3, 0.4) is 0 Å². The van der Waals surface area contributed by atoms with Gasteiger partial charge in [0.25, 0.3) is 5.69 Å². The standard InChI is InChI=1S/C27H38N7O2P/c35-34(36)27-16-14-25(15-17-27)29-28-24-10-12-26(13-11-24)30-37(31-18-4-1-5-19-31,32-20-6-2-7-21-32)33-22-8-3-9-23-33/h10-17H,1-9,18-23H2. The van der Waals surface area contributed by atoms with Gasteiger partial charge in [0.2, 0.25) is 0 Å². The Hall–Kier alpha value is -2.45. The second kappa shape index (κ2) is 12.4. The molecule has 3 aliphatic heterocycles. The Labute approximate surface area is 219 Å². The third kappa shape index (κ3) is 6.17. The van der Waals surface area contributed by atoms with Crippen LogP contribution < -0.4 is 0 Å². The topological polar surface area (TPSA) is 89.9 Å². The Morgan fingerprint density at radius 2 is 0.919 bits per heavy atom. The summed E-state index contributed by atoms with van der Waals surface area (Å²) in [4.78, 5) is 10.4. The van der Waals surface area contributed by atoms with Crippen molar-refractivity contribution in [2.24, 2.45) is 15.0 Å². The van der Waals surface area contributed by atoms with Crippen molar-refractivity contribution < 1.29 is 4.92 Å². The first-order valence-electron chi connectivity index (χ1n) is 13.8. The van der Waals surface area contributed by atoms with Gasteiger partial charge >= 0.3 is 0 Å². The quantitative estimate of drug-likeness (QED) is 0.158. The largest absolute Gasteiger partial charge is 0.269 e. The van der Waals surface area contributed by atoms with Crippen molar-refractivity contribution in [3.63, 3.8) is 0 Å². The molecule has 37 heavy (non-hydrogen) atoms. The summed E-state index contributed by atoms with van der Waals surface area (Å²) in [6, 6.07) is 14.2. The molecule has 3 fully saturated rings. The van der Waals surface area contributed by atoms with E-state index in [2.05, 4.69) is 36.4 Å². The van der Waals surface area contributed by atoms with Crippen LogP contribution in [0.5, 0.6) is 0 Å². The van der Waals surface area contributed by atoms with E-state index < -0.39 is 12.4 Å². The molecule has 9 nitrogen and oxygen atoms in total. The van der Waals surface area contributed by atoms with Crippen LogP contribution in [-0.4, -0.2) is 58.2 Å². The summed E-state index contributed by atoms with van der Waals surface area (Å²) in [6.45, 7) is 6.87. The van der Waals surface area contributed by atoms with Crippen LogP contribution in [0, 0.1) is 10.1 Å². The lowest BCUT2D eigenvalue weighted by molar-refractivity contribution is -0.384. The number of azo groups is 1. The summed E-state index contributed by atoms with van der Waals surface area (Å²) < 4.78 is 14.0. The Bertz CT molecular complexity index is 1070. The molecule has 0 bridgehead atoms. The molecule has 2 aromatic rings. The Kier molecular flexibility index (Phi) is 8.77. The second-order valence-electron chi connectivity index (χ2n) is 10.2. The predicted molar refractivity (Wildman–Crippen MR) is 149 cm³/mol. The second-order valence-corrected chi connectivity index (χ2v) is 13.1. The summed E-state index contributed by atoms with van der Waals surface area (Å²) in [6.07, 6.45) is 11.6. The molecule has 0 spiro atoms. The van der Waals surface area contributed by atoms with E-state index in [0.29, 0.717) is 5.69 Å². The summed E-state index contributed by atoms with van der Waals surface area (Å²) in [5.41, 5.74) is 2.40. The van der Waals surface area contributed by atoms with Gasteiger partial charge < -0.3 is 0 Å². The van der Waals surface area contributed by atoms with E-state index >= 15 is 0 Å². The zero-order valence-electron chi connectivity index (χ0n) is 21.6. The Balaban J connectivity index is 1.45. The average Bonchev–Trinajstić information content (AvgIpc) is 2.97. The maximum Gasteiger partial charge on any atom is 0.269 e. The van der Waals surface area contributed by atoms with Gasteiger partial charge in [-0.05, 0) is 74.9 Å². The highest BCUT2D eigenvalue weighted by Crippen LogP contribution is 2.63. The monoisotopic (exact) mass is 523 g/mol. The molecule has 0 unspecified atom stereocenters. The first kappa shape index (κ1) is 26.2. The van der Waals surface area contributed by atoms with Crippen LogP contribution in [0.15, 0.2) is 63.5 Å². The van der Waals surface area contributed by atoms with Gasteiger partial charge in [0.1, 0.15) is 0 Å². The molecule has 10 heteroatoms. The zero-order valence-corrected chi connectivity index (χ0v) is 22.5. The molecule has 3 aliphatic rings. The molecule has 3 saturated heterocycles. The summed E-state index contributed by atoms with van der Waals surface area (Å²) in [5, 5.41) is 19.5. The number of hydrogen-bond donors (Lipinski definition) is 0. The number of rotatable bonds is 7. The molecule has 0 N–H and O–H groups in total. The number of nitro groups is 1. The van der Waals surface area contributed by atoms with Crippen molar-refractivity contribution >= 4 is 30.3 Å². The SMILES string of the molecule is O=[N+]([O-])c1ccc(N=Nc2ccc(N=P(N3CCCCC3)(N3CCCCC3)N3CCCCC3)cc2)cc1. The van der Waals surface area contributed by atoms with Crippen molar-refractivity contribution in [2.75, 3.05) is 39.3 Å². The zero-order chi connectivity index (χ0) is 25.5. The molecule has 5 rings (SSSR count). The lowest BCUT2D eigenvalue weighted by atomic mass is 10.2. The fourth-order valence-corrected chi connectivity index (χ4v) is 10.0. The van der Waals surface area contributed by atoms with Crippen LogP contribution in [0.25, 0.3) is 0 Å². The maximum atomic E-state index is 10.9. The molecule has 0 aromatic heterocycles. The van der Waals surface area contributed by atoms with Gasteiger partial charge in [-0.3, -0.25) is 10.1 Å². The number of non-ortho nitro benzene ring substituents is 1. The van der Waals surface area contributed by atoms with Crippen LogP contribution in [0.2, 0.25) is 0 Å². The molecular formula is C27H38N7O2P. The minimum absolute atomic E-state index is 0.0489. The number of nitro benzene ring substituents is 1. The smallest absolute Gasteiger partial charge is 0.258 e. The van der Waals surface area contributed by atoms with Crippen molar-refractivity contribution in [3.8, 4) is 0 Å². The lowest BCUT2D eigenvalue weighted by Crippen LogP contribution is -2.46. The minimum atomic E-state index is -2.02. The maximum absolute atomic E-state index is 10.9. The first-order valence-corrected chi connectivity index (χ1v) is 15.4. The van der Waals surface area contributed by atoms with Crippen molar-refractivity contribution in [1.82, 2.24) is 14.0 Å². The highest BCUT2D eigenvalue weighted by atomic mass is 31.2. The van der Waals surface area contributed by atoms with Gasteiger partial charge in [0.05, 0.1) is 22.0 Å².